The number of aryl methyl sites for hydroxylation is 1. The van der Waals surface area contributed by atoms with E-state index in [1.54, 1.807) is 24.8 Å². The summed E-state index contributed by atoms with van der Waals surface area (Å²) in [5, 5.41) is 49.4. The number of carbonyl (C=O) groups is 3. The Labute approximate surface area is 335 Å². The molecule has 0 aliphatic carbocycles. The average molecular weight is 844 g/mol. The second kappa shape index (κ2) is 15.8. The van der Waals surface area contributed by atoms with E-state index in [2.05, 4.69) is 30.6 Å². The molecule has 2 amide bonds. The average Bonchev–Trinajstić information content (AvgIpc) is 3.63. The van der Waals surface area contributed by atoms with Crippen molar-refractivity contribution in [3.8, 4) is 34.8 Å². The summed E-state index contributed by atoms with van der Waals surface area (Å²) in [6, 6.07) is -3.40. The van der Waals surface area contributed by atoms with E-state index in [0.717, 1.165) is 0 Å². The molecular formula is C35H37Cl3N4O12S. The molecule has 2 aromatic carbocycles. The van der Waals surface area contributed by atoms with Crippen LogP contribution < -0.4 is 19.5 Å². The van der Waals surface area contributed by atoms with Gasteiger partial charge in [-0.2, -0.15) is 17.9 Å². The molecule has 1 fully saturated rings. The van der Waals surface area contributed by atoms with Crippen LogP contribution in [0.25, 0.3) is 0 Å². The van der Waals surface area contributed by atoms with Crippen LogP contribution in [-0.2, 0) is 25.4 Å². The summed E-state index contributed by atoms with van der Waals surface area (Å²) in [6.45, 7) is 5.17. The molecule has 4 aliphatic heterocycles. The third kappa shape index (κ3) is 7.08. The van der Waals surface area contributed by atoms with Crippen LogP contribution in [-0.4, -0.2) is 111 Å². The molecule has 4 N–H and O–H groups in total. The summed E-state index contributed by atoms with van der Waals surface area (Å²) in [6.07, 6.45) is -2.31. The largest absolute Gasteiger partial charge is 0.507 e. The number of nitrogens with zero attached hydrogens (tertiary/aromatic N) is 3. The lowest BCUT2D eigenvalue weighted by atomic mass is 9.70. The minimum atomic E-state index is -2.01. The van der Waals surface area contributed by atoms with Gasteiger partial charge in [-0.15, -0.1) is 0 Å². The van der Waals surface area contributed by atoms with E-state index < -0.39 is 77.5 Å². The summed E-state index contributed by atoms with van der Waals surface area (Å²) < 4.78 is 31.3. The van der Waals surface area contributed by atoms with Crippen molar-refractivity contribution in [3.63, 3.8) is 0 Å². The minimum absolute atomic E-state index is 0.000659. The van der Waals surface area contributed by atoms with Crippen molar-refractivity contribution >= 4 is 65.6 Å². The van der Waals surface area contributed by atoms with Crippen LogP contribution in [0.5, 0.6) is 28.7 Å². The van der Waals surface area contributed by atoms with Gasteiger partial charge in [0.25, 0.3) is 0 Å². The van der Waals surface area contributed by atoms with Crippen molar-refractivity contribution in [1.82, 2.24) is 15.1 Å². The molecule has 296 valence electrons. The van der Waals surface area contributed by atoms with E-state index in [1.165, 1.54) is 18.1 Å². The zero-order valence-electron chi connectivity index (χ0n) is 29.6. The van der Waals surface area contributed by atoms with Gasteiger partial charge in [0.1, 0.15) is 43.8 Å². The Balaban J connectivity index is 1.54. The number of halogens is 3. The maximum atomic E-state index is 14.1. The zero-order chi connectivity index (χ0) is 40.1. The highest BCUT2D eigenvalue weighted by Crippen LogP contribution is 2.61. The van der Waals surface area contributed by atoms with Crippen molar-refractivity contribution in [2.75, 3.05) is 39.5 Å². The number of piperazine rings is 1. The molecule has 20 heteroatoms. The van der Waals surface area contributed by atoms with Crippen LogP contribution in [0.2, 0.25) is 0 Å². The smallest absolute Gasteiger partial charge is 0.410 e. The molecular weight excluding hydrogens is 807 g/mol. The number of aromatic hydroxyl groups is 2. The number of hydrogen-bond acceptors (Lipinski definition) is 15. The molecule has 0 radical (unpaired) electrons. The van der Waals surface area contributed by atoms with Gasteiger partial charge >= 0.3 is 18.2 Å². The topological polar surface area (TPSA) is 210 Å². The van der Waals surface area contributed by atoms with E-state index in [9.17, 15) is 35.0 Å². The van der Waals surface area contributed by atoms with Crippen LogP contribution >= 0.6 is 47.4 Å². The van der Waals surface area contributed by atoms with Gasteiger partial charge in [-0.1, -0.05) is 53.5 Å². The first-order chi connectivity index (χ1) is 26.1. The van der Waals surface area contributed by atoms with Crippen molar-refractivity contribution in [2.45, 2.75) is 66.4 Å². The highest BCUT2D eigenvalue weighted by Gasteiger charge is 2.62. The number of hydrogen-bond donors (Lipinski definition) is 5. The second-order valence-corrected chi connectivity index (χ2v) is 16.1. The summed E-state index contributed by atoms with van der Waals surface area (Å²) in [5.41, 5.74) is 1.61. The molecule has 2 aromatic rings. The summed E-state index contributed by atoms with van der Waals surface area (Å²) >= 11 is 22.0. The fourth-order valence-corrected chi connectivity index (χ4v) is 8.39. The van der Waals surface area contributed by atoms with Crippen LogP contribution in [0, 0.1) is 25.2 Å². The van der Waals surface area contributed by atoms with E-state index in [-0.39, 0.29) is 76.6 Å². The Morgan fingerprint density at radius 2 is 1.85 bits per heavy atom. The van der Waals surface area contributed by atoms with Gasteiger partial charge in [0.15, 0.2) is 23.0 Å². The molecule has 0 saturated carbocycles. The number of benzene rings is 2. The first-order valence-electron chi connectivity index (χ1n) is 16.8. The number of esters is 1. The third-order valence-corrected chi connectivity index (χ3v) is 10.8. The number of alkyl carbamates (subject to hydrolysis) is 1. The molecule has 55 heavy (non-hydrogen) atoms. The quantitative estimate of drug-likeness (QED) is 0.0783. The highest BCUT2D eigenvalue weighted by atomic mass is 35.6. The normalized spacial score (nSPS) is 23.9. The Hall–Kier alpha value is -4.18. The van der Waals surface area contributed by atoms with Gasteiger partial charge < -0.3 is 49.1 Å². The number of aliphatic hydroxyl groups excluding tert-OH is 1. The number of ether oxygens (including phenoxy) is 6. The van der Waals surface area contributed by atoms with Crippen LogP contribution in [0.3, 0.4) is 0 Å². The summed E-state index contributed by atoms with van der Waals surface area (Å²) in [7, 11) is 1.36. The monoisotopic (exact) mass is 842 g/mol. The number of phenolic OH excluding ortho intramolecular Hbond substituents is 2. The lowest BCUT2D eigenvalue weighted by molar-refractivity contribution is -0.155. The number of methoxy groups -OCH3 is 1. The van der Waals surface area contributed by atoms with E-state index in [1.807, 2.05) is 0 Å². The number of thiol groups is 1. The molecule has 0 spiro atoms. The van der Waals surface area contributed by atoms with E-state index >= 15 is 0 Å². The molecule has 2 bridgehead atoms. The SMILES string of the molecule is C=CCOC(=O)N[C@@H](CS)C(=O)OC[C@H]1c2c3c(c(C)c(O)c2C(O)[C@H]2[C@H]4c5c(cc(C)c(OC)c5O)CC([C@H](C#N)N12)N4C(=O)OCC(Cl)(Cl)Cl)OCO3. The summed E-state index contributed by atoms with van der Waals surface area (Å²) in [5.74, 6) is -1.44. The standard InChI is InChI=1S/C35H37Cl3N4O12S/c1-5-6-50-33(47)40-17(11-55)32(46)51-10-20-22-23(26(43)15(3)30-31(22)54-13-53-30)27(44)25-24-21-16(7-14(2)29(49-4)28(21)45)8-18(19(9-39)41(20)25)42(24)34(48)52-12-35(36,37)38/h5,7,17-20,24-25,27,43-45,55H,1,6,8,10-13H2,2-4H3,(H,40,47)/t17-,18?,19-,20-,24+,25+,27?/m0/s1. The fourth-order valence-electron chi connectivity index (χ4n) is 7.99. The van der Waals surface area contributed by atoms with Gasteiger partial charge in [-0.05, 0) is 31.4 Å². The van der Waals surface area contributed by atoms with Gasteiger partial charge in [-0.3, -0.25) is 9.80 Å². The third-order valence-electron chi connectivity index (χ3n) is 10.1. The van der Waals surface area contributed by atoms with Crippen LogP contribution in [0.15, 0.2) is 18.7 Å². The molecule has 6 rings (SSSR count). The first-order valence-corrected chi connectivity index (χ1v) is 18.6. The molecule has 7 atom stereocenters. The van der Waals surface area contributed by atoms with Crippen LogP contribution in [0.4, 0.5) is 9.59 Å². The van der Waals surface area contributed by atoms with Gasteiger partial charge in [0.2, 0.25) is 10.6 Å². The Kier molecular flexibility index (Phi) is 11.6. The molecule has 4 heterocycles. The highest BCUT2D eigenvalue weighted by molar-refractivity contribution is 7.80. The fraction of sp³-hybridized carbons (Fsp3) is 0.486. The maximum absolute atomic E-state index is 14.1. The Bertz CT molecular complexity index is 1960. The predicted octanol–water partition coefficient (Wildman–Crippen LogP) is 4.35. The van der Waals surface area contributed by atoms with Gasteiger partial charge in [0.05, 0.1) is 37.3 Å². The van der Waals surface area contributed by atoms with E-state index in [4.69, 9.17) is 63.2 Å². The molecule has 2 unspecified atom stereocenters. The molecule has 1 saturated heterocycles. The number of nitriles is 1. The second-order valence-electron chi connectivity index (χ2n) is 13.2. The van der Waals surface area contributed by atoms with Gasteiger partial charge in [0, 0.05) is 28.0 Å². The first kappa shape index (κ1) is 40.5. The van der Waals surface area contributed by atoms with Crippen LogP contribution in [0.1, 0.15) is 51.6 Å². The molecule has 4 aliphatic rings. The Morgan fingerprint density at radius 3 is 2.49 bits per heavy atom. The van der Waals surface area contributed by atoms with Crippen molar-refractivity contribution in [3.05, 3.63) is 52.1 Å². The molecule has 0 aromatic heterocycles. The number of nitrogens with one attached hydrogen (secondary N) is 1. The van der Waals surface area contributed by atoms with Crippen molar-refractivity contribution in [2.24, 2.45) is 0 Å². The number of phenols is 2. The zero-order valence-corrected chi connectivity index (χ0v) is 32.7. The lowest BCUT2D eigenvalue weighted by Gasteiger charge is -2.60. The predicted molar refractivity (Wildman–Crippen MR) is 198 cm³/mol. The number of fused-ring (bicyclic) bond motifs is 9. The minimum Gasteiger partial charge on any atom is -0.507 e. The van der Waals surface area contributed by atoms with Crippen molar-refractivity contribution < 1.29 is 58.1 Å². The Morgan fingerprint density at radius 1 is 1.15 bits per heavy atom. The van der Waals surface area contributed by atoms with E-state index in [0.29, 0.717) is 11.1 Å². The summed E-state index contributed by atoms with van der Waals surface area (Å²) in [4.78, 5) is 42.7. The van der Waals surface area contributed by atoms with Gasteiger partial charge in [-0.25, -0.2) is 14.4 Å². The van der Waals surface area contributed by atoms with Crippen molar-refractivity contribution in [1.29, 1.82) is 5.26 Å². The number of amides is 2. The molecule has 16 nitrogen and oxygen atoms in total. The number of aliphatic hydroxyl groups is 1. The number of carbonyl (C=O) groups excluding carboxylic acids is 3. The maximum Gasteiger partial charge on any atom is 0.410 e. The lowest BCUT2D eigenvalue weighted by Crippen LogP contribution is -2.71. The number of alkyl halides is 3. The number of rotatable bonds is 9.